The van der Waals surface area contributed by atoms with Crippen LogP contribution in [-0.4, -0.2) is 72.9 Å². The Morgan fingerprint density at radius 2 is 2.00 bits per heavy atom. The van der Waals surface area contributed by atoms with Crippen LogP contribution in [0.25, 0.3) is 0 Å². The summed E-state index contributed by atoms with van der Waals surface area (Å²) in [6.07, 6.45) is 0.375. The van der Waals surface area contributed by atoms with Gasteiger partial charge in [0.05, 0.1) is 25.4 Å². The lowest BCUT2D eigenvalue weighted by atomic mass is 10.2. The Morgan fingerprint density at radius 3 is 2.53 bits per heavy atom. The minimum atomic E-state index is -0.317. The van der Waals surface area contributed by atoms with Gasteiger partial charge in [0.2, 0.25) is 5.91 Å². The molecule has 5 nitrogen and oxygen atoms in total. The van der Waals surface area contributed by atoms with Crippen molar-refractivity contribution in [2.75, 3.05) is 39.9 Å². The van der Waals surface area contributed by atoms with E-state index in [1.54, 1.807) is 6.92 Å². The molecular formula is C12H24N2O3. The highest BCUT2D eigenvalue weighted by molar-refractivity contribution is 5.81. The Bertz CT molecular complexity index is 240. The first kappa shape index (κ1) is 14.4. The van der Waals surface area contributed by atoms with Gasteiger partial charge in [-0.25, -0.2) is 0 Å². The number of likely N-dealkylation sites (N-methyl/N-ethyl adjacent to an activating group) is 1. The predicted molar refractivity (Wildman–Crippen MR) is 65.8 cm³/mol. The van der Waals surface area contributed by atoms with Gasteiger partial charge in [0.1, 0.15) is 0 Å². The van der Waals surface area contributed by atoms with Gasteiger partial charge in [-0.1, -0.05) is 0 Å². The minimum absolute atomic E-state index is 0.133. The van der Waals surface area contributed by atoms with Crippen molar-refractivity contribution < 1.29 is 14.6 Å². The van der Waals surface area contributed by atoms with Crippen LogP contribution in [0.1, 0.15) is 20.3 Å². The second kappa shape index (κ2) is 6.93. The normalized spacial score (nSPS) is 20.4. The van der Waals surface area contributed by atoms with Gasteiger partial charge in [0, 0.05) is 19.6 Å². The summed E-state index contributed by atoms with van der Waals surface area (Å²) >= 11 is 0. The van der Waals surface area contributed by atoms with Crippen LogP contribution in [0.4, 0.5) is 0 Å². The van der Waals surface area contributed by atoms with E-state index in [1.807, 2.05) is 23.8 Å². The molecule has 0 aromatic rings. The molecule has 1 saturated heterocycles. The molecule has 1 aliphatic heterocycles. The van der Waals surface area contributed by atoms with Gasteiger partial charge in [0.25, 0.3) is 0 Å². The summed E-state index contributed by atoms with van der Waals surface area (Å²) in [5.74, 6) is 0.154. The summed E-state index contributed by atoms with van der Waals surface area (Å²) in [4.78, 5) is 16.0. The zero-order valence-corrected chi connectivity index (χ0v) is 11.1. The van der Waals surface area contributed by atoms with E-state index >= 15 is 0 Å². The standard InChI is InChI=1S/C12H24N2O3/c1-10(15)4-5-13(3)11(2)12(16)14-6-8-17-9-7-14/h10-11,15H,4-9H2,1-3H3. The maximum Gasteiger partial charge on any atom is 0.239 e. The maximum atomic E-state index is 12.2. The number of amides is 1. The molecule has 2 atom stereocenters. The predicted octanol–water partition coefficient (Wildman–Crippen LogP) is -0.0636. The number of aliphatic hydroxyl groups excluding tert-OH is 1. The van der Waals surface area contributed by atoms with E-state index in [0.717, 1.165) is 6.54 Å². The Morgan fingerprint density at radius 1 is 1.41 bits per heavy atom. The lowest BCUT2D eigenvalue weighted by Gasteiger charge is -2.32. The molecule has 0 aromatic carbocycles. The third kappa shape index (κ3) is 4.61. The zero-order valence-electron chi connectivity index (χ0n) is 11.1. The quantitative estimate of drug-likeness (QED) is 0.736. The van der Waals surface area contributed by atoms with Gasteiger partial charge < -0.3 is 14.7 Å². The van der Waals surface area contributed by atoms with Gasteiger partial charge in [-0.2, -0.15) is 0 Å². The van der Waals surface area contributed by atoms with Crippen LogP contribution >= 0.6 is 0 Å². The van der Waals surface area contributed by atoms with Crippen molar-refractivity contribution in [2.45, 2.75) is 32.4 Å². The van der Waals surface area contributed by atoms with Crippen LogP contribution in [0.15, 0.2) is 0 Å². The second-order valence-corrected chi connectivity index (χ2v) is 4.73. The van der Waals surface area contributed by atoms with Gasteiger partial charge in [-0.3, -0.25) is 9.69 Å². The highest BCUT2D eigenvalue weighted by atomic mass is 16.5. The van der Waals surface area contributed by atoms with Crippen molar-refractivity contribution in [1.82, 2.24) is 9.80 Å². The number of ether oxygens (including phenoxy) is 1. The number of hydrogen-bond donors (Lipinski definition) is 1. The van der Waals surface area contributed by atoms with Gasteiger partial charge in [0.15, 0.2) is 0 Å². The van der Waals surface area contributed by atoms with Crippen LogP contribution in [0.3, 0.4) is 0 Å². The molecule has 0 bridgehead atoms. The molecule has 2 unspecified atom stereocenters. The van der Waals surface area contributed by atoms with Crippen molar-refractivity contribution in [3.05, 3.63) is 0 Å². The Labute approximate surface area is 103 Å². The van der Waals surface area contributed by atoms with Crippen molar-refractivity contribution in [3.63, 3.8) is 0 Å². The molecular weight excluding hydrogens is 220 g/mol. The van der Waals surface area contributed by atoms with Crippen LogP contribution in [0.5, 0.6) is 0 Å². The Hall–Kier alpha value is -0.650. The first-order chi connectivity index (χ1) is 8.02. The maximum absolute atomic E-state index is 12.2. The number of aliphatic hydroxyl groups is 1. The molecule has 0 saturated carbocycles. The van der Waals surface area contributed by atoms with Gasteiger partial charge >= 0.3 is 0 Å². The summed E-state index contributed by atoms with van der Waals surface area (Å²) < 4.78 is 5.23. The van der Waals surface area contributed by atoms with Crippen LogP contribution in [0, 0.1) is 0 Å². The number of carbonyl (C=O) groups is 1. The lowest BCUT2D eigenvalue weighted by Crippen LogP contribution is -2.50. The fourth-order valence-corrected chi connectivity index (χ4v) is 1.82. The van der Waals surface area contributed by atoms with E-state index in [1.165, 1.54) is 0 Å². The molecule has 1 amide bonds. The fraction of sp³-hybridized carbons (Fsp3) is 0.917. The Kier molecular flexibility index (Phi) is 5.88. The highest BCUT2D eigenvalue weighted by Crippen LogP contribution is 2.06. The van der Waals surface area contributed by atoms with Gasteiger partial charge in [-0.05, 0) is 27.3 Å². The van der Waals surface area contributed by atoms with Crippen molar-refractivity contribution >= 4 is 5.91 Å². The SMILES string of the molecule is CC(O)CCN(C)C(C)C(=O)N1CCOCC1. The monoisotopic (exact) mass is 244 g/mol. The van der Waals surface area contributed by atoms with Crippen LogP contribution in [-0.2, 0) is 9.53 Å². The minimum Gasteiger partial charge on any atom is -0.393 e. The third-order valence-corrected chi connectivity index (χ3v) is 3.24. The van der Waals surface area contributed by atoms with E-state index in [2.05, 4.69) is 0 Å². The molecule has 0 spiro atoms. The summed E-state index contributed by atoms with van der Waals surface area (Å²) in [6, 6.07) is -0.133. The molecule has 1 N–H and O–H groups in total. The summed E-state index contributed by atoms with van der Waals surface area (Å²) in [6.45, 7) is 7.06. The van der Waals surface area contributed by atoms with Crippen LogP contribution < -0.4 is 0 Å². The van der Waals surface area contributed by atoms with Crippen molar-refractivity contribution in [3.8, 4) is 0 Å². The molecule has 0 radical (unpaired) electrons. The molecule has 0 aliphatic carbocycles. The van der Waals surface area contributed by atoms with Crippen molar-refractivity contribution in [2.24, 2.45) is 0 Å². The summed E-state index contributed by atoms with van der Waals surface area (Å²) in [5.41, 5.74) is 0. The molecule has 0 aromatic heterocycles. The van der Waals surface area contributed by atoms with Gasteiger partial charge in [-0.15, -0.1) is 0 Å². The number of nitrogens with zero attached hydrogens (tertiary/aromatic N) is 2. The highest BCUT2D eigenvalue weighted by Gasteiger charge is 2.25. The number of rotatable bonds is 5. The molecule has 1 heterocycles. The van der Waals surface area contributed by atoms with E-state index < -0.39 is 0 Å². The molecule has 1 aliphatic rings. The molecule has 1 fully saturated rings. The average molecular weight is 244 g/mol. The first-order valence-electron chi connectivity index (χ1n) is 6.27. The van der Waals surface area contributed by atoms with E-state index in [-0.39, 0.29) is 18.1 Å². The summed E-state index contributed by atoms with van der Waals surface area (Å²) in [5, 5.41) is 9.23. The van der Waals surface area contributed by atoms with Crippen molar-refractivity contribution in [1.29, 1.82) is 0 Å². The molecule has 17 heavy (non-hydrogen) atoms. The largest absolute Gasteiger partial charge is 0.393 e. The number of carbonyl (C=O) groups excluding carboxylic acids is 1. The van der Waals surface area contributed by atoms with E-state index in [9.17, 15) is 9.90 Å². The van der Waals surface area contributed by atoms with E-state index in [4.69, 9.17) is 4.74 Å². The fourth-order valence-electron chi connectivity index (χ4n) is 1.82. The van der Waals surface area contributed by atoms with Crippen LogP contribution in [0.2, 0.25) is 0 Å². The topological polar surface area (TPSA) is 53.0 Å². The number of morpholine rings is 1. The molecule has 100 valence electrons. The first-order valence-corrected chi connectivity index (χ1v) is 6.27. The number of hydrogen-bond acceptors (Lipinski definition) is 4. The Balaban J connectivity index is 2.38. The molecule has 5 heteroatoms. The van der Waals surface area contributed by atoms with E-state index in [0.29, 0.717) is 32.7 Å². The second-order valence-electron chi connectivity index (χ2n) is 4.73. The molecule has 1 rings (SSSR count). The smallest absolute Gasteiger partial charge is 0.239 e. The lowest BCUT2D eigenvalue weighted by molar-refractivity contribution is -0.140. The summed E-state index contributed by atoms with van der Waals surface area (Å²) in [7, 11) is 1.92. The zero-order chi connectivity index (χ0) is 12.8. The third-order valence-electron chi connectivity index (χ3n) is 3.24. The average Bonchev–Trinajstić information content (AvgIpc) is 2.35.